The Morgan fingerprint density at radius 3 is 2.16 bits per heavy atom. The number of ketones is 1. The van der Waals surface area contributed by atoms with Crippen LogP contribution in [0.4, 0.5) is 5.69 Å². The van der Waals surface area contributed by atoms with Gasteiger partial charge in [-0.3, -0.25) is 14.4 Å². The molecule has 0 saturated heterocycles. The van der Waals surface area contributed by atoms with Gasteiger partial charge in [-0.2, -0.15) is 0 Å². The summed E-state index contributed by atoms with van der Waals surface area (Å²) in [7, 11) is 1.56. The van der Waals surface area contributed by atoms with Gasteiger partial charge in [0.2, 0.25) is 11.7 Å². The van der Waals surface area contributed by atoms with Crippen molar-refractivity contribution in [2.75, 3.05) is 18.9 Å². The third-order valence-corrected chi connectivity index (χ3v) is 6.34. The smallest absolute Gasteiger partial charge is 0.254 e. The van der Waals surface area contributed by atoms with E-state index in [1.807, 2.05) is 45.0 Å². The first kappa shape index (κ1) is 22.4. The van der Waals surface area contributed by atoms with Crippen LogP contribution in [0, 0.1) is 13.8 Å². The van der Waals surface area contributed by atoms with Crippen molar-refractivity contribution in [2.45, 2.75) is 27.2 Å². The van der Waals surface area contributed by atoms with E-state index in [2.05, 4.69) is 5.32 Å². The third-order valence-electron chi connectivity index (χ3n) is 5.11. The quantitative estimate of drug-likeness (QED) is 0.540. The number of anilines is 1. The van der Waals surface area contributed by atoms with Crippen molar-refractivity contribution in [1.82, 2.24) is 4.90 Å². The highest BCUT2D eigenvalue weighted by atomic mass is 32.1. The van der Waals surface area contributed by atoms with Crippen molar-refractivity contribution < 1.29 is 14.4 Å². The van der Waals surface area contributed by atoms with Gasteiger partial charge in [0, 0.05) is 23.2 Å². The molecule has 0 aliphatic carbocycles. The molecule has 0 radical (unpaired) electrons. The topological polar surface area (TPSA) is 66.5 Å². The zero-order chi connectivity index (χ0) is 22.5. The van der Waals surface area contributed by atoms with Crippen molar-refractivity contribution in [1.29, 1.82) is 0 Å². The van der Waals surface area contributed by atoms with Crippen LogP contribution in [0.1, 0.15) is 48.5 Å². The van der Waals surface area contributed by atoms with E-state index in [0.29, 0.717) is 16.0 Å². The fourth-order valence-corrected chi connectivity index (χ4v) is 4.28. The molecular formula is C25H26N2O3S. The number of carbonyl (C=O) groups is 3. The number of amides is 2. The number of hydrogen-bond donors (Lipinski definition) is 1. The summed E-state index contributed by atoms with van der Waals surface area (Å²) in [5, 5.41) is 2.89. The number of benzene rings is 2. The minimum absolute atomic E-state index is 0.117. The first-order valence-electron chi connectivity index (χ1n) is 10.2. The minimum Gasteiger partial charge on any atom is -0.332 e. The van der Waals surface area contributed by atoms with Crippen LogP contribution in [0.25, 0.3) is 0 Å². The number of nitrogens with zero attached hydrogens (tertiary/aromatic N) is 1. The lowest BCUT2D eigenvalue weighted by Crippen LogP contribution is -2.35. The number of rotatable bonds is 7. The van der Waals surface area contributed by atoms with Crippen molar-refractivity contribution in [2.24, 2.45) is 0 Å². The molecule has 2 amide bonds. The maximum atomic E-state index is 13.1. The Morgan fingerprint density at radius 2 is 1.55 bits per heavy atom. The van der Waals surface area contributed by atoms with Gasteiger partial charge >= 0.3 is 0 Å². The van der Waals surface area contributed by atoms with Gasteiger partial charge in [0.25, 0.3) is 5.91 Å². The number of para-hydroxylation sites is 1. The zero-order valence-corrected chi connectivity index (χ0v) is 19.0. The molecule has 0 aliphatic heterocycles. The first-order chi connectivity index (χ1) is 14.8. The Hall–Kier alpha value is -3.25. The van der Waals surface area contributed by atoms with E-state index in [9.17, 15) is 14.4 Å². The summed E-state index contributed by atoms with van der Waals surface area (Å²) in [6, 6.07) is 16.3. The number of thiophene rings is 1. The summed E-state index contributed by atoms with van der Waals surface area (Å²) in [6.45, 7) is 5.77. The summed E-state index contributed by atoms with van der Waals surface area (Å²) >= 11 is 1.44. The molecule has 31 heavy (non-hydrogen) atoms. The molecule has 1 heterocycles. The number of likely N-dealkylation sites (N-methyl/N-ethyl adjacent to an activating group) is 1. The Bertz CT molecular complexity index is 1110. The van der Waals surface area contributed by atoms with Crippen LogP contribution in [-0.2, 0) is 11.2 Å². The third kappa shape index (κ3) is 5.09. The molecule has 3 rings (SSSR count). The molecule has 5 nitrogen and oxygen atoms in total. The van der Waals surface area contributed by atoms with E-state index in [-0.39, 0.29) is 24.1 Å². The molecule has 2 aromatic carbocycles. The van der Waals surface area contributed by atoms with E-state index in [4.69, 9.17) is 0 Å². The van der Waals surface area contributed by atoms with Crippen LogP contribution in [-0.4, -0.2) is 36.1 Å². The van der Waals surface area contributed by atoms with E-state index in [1.165, 1.54) is 16.2 Å². The highest BCUT2D eigenvalue weighted by molar-refractivity contribution is 7.14. The molecule has 0 spiro atoms. The van der Waals surface area contributed by atoms with E-state index in [1.54, 1.807) is 37.4 Å². The maximum absolute atomic E-state index is 13.1. The van der Waals surface area contributed by atoms with E-state index >= 15 is 0 Å². The van der Waals surface area contributed by atoms with Gasteiger partial charge in [0.05, 0.1) is 17.0 Å². The van der Waals surface area contributed by atoms with Crippen molar-refractivity contribution >= 4 is 34.6 Å². The van der Waals surface area contributed by atoms with Crippen molar-refractivity contribution in [3.63, 3.8) is 0 Å². The fraction of sp³-hybridized carbons (Fsp3) is 0.240. The van der Waals surface area contributed by atoms with Gasteiger partial charge < -0.3 is 10.2 Å². The lowest BCUT2D eigenvalue weighted by Gasteiger charge is -2.19. The van der Waals surface area contributed by atoms with Gasteiger partial charge in [-0.05, 0) is 49.6 Å². The highest BCUT2D eigenvalue weighted by Crippen LogP contribution is 2.23. The molecule has 1 aromatic heterocycles. The summed E-state index contributed by atoms with van der Waals surface area (Å²) in [4.78, 5) is 41.7. The lowest BCUT2D eigenvalue weighted by molar-refractivity contribution is -0.116. The van der Waals surface area contributed by atoms with Crippen molar-refractivity contribution in [3.8, 4) is 0 Å². The van der Waals surface area contributed by atoms with Crippen LogP contribution in [0.3, 0.4) is 0 Å². The van der Waals surface area contributed by atoms with Gasteiger partial charge in [0.15, 0.2) is 0 Å². The Labute approximate surface area is 186 Å². The number of aryl methyl sites for hydroxylation is 3. The molecule has 1 N–H and O–H groups in total. The van der Waals surface area contributed by atoms with Gasteiger partial charge in [-0.25, -0.2) is 0 Å². The normalized spacial score (nSPS) is 10.6. The van der Waals surface area contributed by atoms with Crippen LogP contribution in [0.2, 0.25) is 0 Å². The summed E-state index contributed by atoms with van der Waals surface area (Å²) in [5.74, 6) is -0.835. The molecular weight excluding hydrogens is 408 g/mol. The second kappa shape index (κ2) is 9.71. The average molecular weight is 435 g/mol. The minimum atomic E-state index is -0.368. The molecule has 160 valence electrons. The van der Waals surface area contributed by atoms with E-state index in [0.717, 1.165) is 28.1 Å². The molecule has 3 aromatic rings. The standard InChI is InChI=1S/C25H26N2O3S/c1-5-18-13-14-21(31-18)24(29)19-11-6-7-12-20(19)25(30)27(4)15-22(28)26-23-16(2)9-8-10-17(23)3/h6-14H,5,15H2,1-4H3,(H,26,28). The molecule has 0 unspecified atom stereocenters. The van der Waals surface area contributed by atoms with Crippen molar-refractivity contribution in [3.05, 3.63) is 86.6 Å². The van der Waals surface area contributed by atoms with Gasteiger partial charge in [0.1, 0.15) is 0 Å². The number of hydrogen-bond acceptors (Lipinski definition) is 4. The van der Waals surface area contributed by atoms with Crippen LogP contribution in [0.15, 0.2) is 54.6 Å². The summed E-state index contributed by atoms with van der Waals surface area (Å²) in [6.07, 6.45) is 0.858. The largest absolute Gasteiger partial charge is 0.332 e. The fourth-order valence-electron chi connectivity index (χ4n) is 3.37. The lowest BCUT2D eigenvalue weighted by atomic mass is 10.0. The monoisotopic (exact) mass is 434 g/mol. The van der Waals surface area contributed by atoms with Crippen LogP contribution >= 0.6 is 11.3 Å². The number of carbonyl (C=O) groups excluding carboxylic acids is 3. The molecule has 0 atom stereocenters. The molecule has 0 fully saturated rings. The maximum Gasteiger partial charge on any atom is 0.254 e. The van der Waals surface area contributed by atoms with Crippen LogP contribution in [0.5, 0.6) is 0 Å². The molecule has 6 heteroatoms. The predicted molar refractivity (Wildman–Crippen MR) is 125 cm³/mol. The van der Waals surface area contributed by atoms with Crippen LogP contribution < -0.4 is 5.32 Å². The molecule has 0 saturated carbocycles. The SMILES string of the molecule is CCc1ccc(C(=O)c2ccccc2C(=O)N(C)CC(=O)Nc2c(C)cccc2C)s1. The second-order valence-electron chi connectivity index (χ2n) is 7.47. The Balaban J connectivity index is 1.76. The summed E-state index contributed by atoms with van der Waals surface area (Å²) < 4.78 is 0. The highest BCUT2D eigenvalue weighted by Gasteiger charge is 2.23. The second-order valence-corrected chi connectivity index (χ2v) is 8.64. The molecule has 0 aliphatic rings. The van der Waals surface area contributed by atoms with Gasteiger partial charge in [-0.15, -0.1) is 11.3 Å². The summed E-state index contributed by atoms with van der Waals surface area (Å²) in [5.41, 5.74) is 3.31. The Morgan fingerprint density at radius 1 is 0.903 bits per heavy atom. The predicted octanol–water partition coefficient (Wildman–Crippen LogP) is 4.87. The Kier molecular flexibility index (Phi) is 7.02. The molecule has 0 bridgehead atoms. The average Bonchev–Trinajstić information content (AvgIpc) is 3.24. The number of nitrogens with one attached hydrogen (secondary N) is 1. The first-order valence-corrected chi connectivity index (χ1v) is 11.0. The van der Waals surface area contributed by atoms with Gasteiger partial charge in [-0.1, -0.05) is 43.3 Å². The van der Waals surface area contributed by atoms with E-state index < -0.39 is 0 Å². The zero-order valence-electron chi connectivity index (χ0n) is 18.2.